The largest absolute Gasteiger partial charge is 0.478 e. The highest BCUT2D eigenvalue weighted by molar-refractivity contribution is 6.30. The molecule has 0 fully saturated rings. The van der Waals surface area contributed by atoms with E-state index >= 15 is 0 Å². The van der Waals surface area contributed by atoms with Crippen molar-refractivity contribution in [2.24, 2.45) is 0 Å². The number of carboxylic acid groups (broad SMARTS) is 1. The van der Waals surface area contributed by atoms with Crippen LogP contribution in [0.2, 0.25) is 5.02 Å². The van der Waals surface area contributed by atoms with Crippen molar-refractivity contribution >= 4 is 17.6 Å². The maximum atomic E-state index is 11.1. The van der Waals surface area contributed by atoms with Crippen molar-refractivity contribution in [3.05, 3.63) is 58.1 Å². The molecule has 0 aliphatic carbocycles. The van der Waals surface area contributed by atoms with Crippen LogP contribution in [0.15, 0.2) is 30.5 Å². The van der Waals surface area contributed by atoms with Crippen molar-refractivity contribution in [2.45, 2.75) is 26.2 Å². The molecule has 1 heterocycles. The minimum Gasteiger partial charge on any atom is -0.478 e. The number of halogens is 1. The number of nitrogens with zero attached hydrogens (tertiary/aromatic N) is 2. The fourth-order valence-electron chi connectivity index (χ4n) is 1.95. The highest BCUT2D eigenvalue weighted by atomic mass is 35.5. The van der Waals surface area contributed by atoms with Crippen LogP contribution >= 0.6 is 11.6 Å². The summed E-state index contributed by atoms with van der Waals surface area (Å²) < 4.78 is 0. The molecule has 5 heteroatoms. The molecule has 2 rings (SSSR count). The third kappa shape index (κ3) is 3.33. The van der Waals surface area contributed by atoms with Gasteiger partial charge in [0.25, 0.3) is 0 Å². The smallest absolute Gasteiger partial charge is 0.339 e. The third-order valence-electron chi connectivity index (χ3n) is 2.90. The Morgan fingerprint density at radius 3 is 2.75 bits per heavy atom. The summed E-state index contributed by atoms with van der Waals surface area (Å²) in [7, 11) is 0. The standard InChI is InChI=1S/C15H15ClN2O2/c1-9(2)14-12(15(19)20)8-17-13(18-14)7-10-4-3-5-11(16)6-10/h3-6,8-9H,7H2,1-2H3,(H,19,20). The summed E-state index contributed by atoms with van der Waals surface area (Å²) in [4.78, 5) is 19.7. The zero-order valence-corrected chi connectivity index (χ0v) is 12.1. The Hall–Kier alpha value is -1.94. The SMILES string of the molecule is CC(C)c1nc(Cc2cccc(Cl)c2)ncc1C(=O)O. The van der Waals surface area contributed by atoms with Crippen LogP contribution in [0.4, 0.5) is 0 Å². The minimum absolute atomic E-state index is 0.0298. The van der Waals surface area contributed by atoms with Crippen LogP contribution in [-0.4, -0.2) is 21.0 Å². The van der Waals surface area contributed by atoms with E-state index in [1.165, 1.54) is 6.20 Å². The van der Waals surface area contributed by atoms with Gasteiger partial charge in [-0.1, -0.05) is 37.6 Å². The average molecular weight is 291 g/mol. The Morgan fingerprint density at radius 2 is 2.15 bits per heavy atom. The minimum atomic E-state index is -0.997. The maximum absolute atomic E-state index is 11.1. The molecule has 104 valence electrons. The van der Waals surface area contributed by atoms with Crippen molar-refractivity contribution < 1.29 is 9.90 Å². The molecule has 0 atom stereocenters. The lowest BCUT2D eigenvalue weighted by Gasteiger charge is -2.10. The molecule has 0 spiro atoms. The van der Waals surface area contributed by atoms with Crippen molar-refractivity contribution in [1.82, 2.24) is 9.97 Å². The lowest BCUT2D eigenvalue weighted by atomic mass is 10.0. The number of benzene rings is 1. The molecule has 0 aliphatic heterocycles. The zero-order chi connectivity index (χ0) is 14.7. The molecule has 0 amide bonds. The molecule has 20 heavy (non-hydrogen) atoms. The average Bonchev–Trinajstić information content (AvgIpc) is 2.38. The number of aromatic carboxylic acids is 1. The second-order valence-electron chi connectivity index (χ2n) is 4.85. The highest BCUT2D eigenvalue weighted by Gasteiger charge is 2.16. The van der Waals surface area contributed by atoms with Crippen LogP contribution < -0.4 is 0 Å². The second kappa shape index (κ2) is 6.01. The monoisotopic (exact) mass is 290 g/mol. The summed E-state index contributed by atoms with van der Waals surface area (Å²) in [6, 6.07) is 7.46. The van der Waals surface area contributed by atoms with Gasteiger partial charge in [-0.3, -0.25) is 0 Å². The van der Waals surface area contributed by atoms with Gasteiger partial charge in [-0.05, 0) is 23.6 Å². The summed E-state index contributed by atoms with van der Waals surface area (Å²) in [6.07, 6.45) is 1.91. The normalized spacial score (nSPS) is 10.8. The quantitative estimate of drug-likeness (QED) is 0.935. The molecule has 2 aromatic rings. The molecule has 0 radical (unpaired) electrons. The predicted octanol–water partition coefficient (Wildman–Crippen LogP) is 3.54. The second-order valence-corrected chi connectivity index (χ2v) is 5.29. The fourth-order valence-corrected chi connectivity index (χ4v) is 2.17. The molecule has 1 aromatic heterocycles. The van der Waals surface area contributed by atoms with Crippen LogP contribution in [0.5, 0.6) is 0 Å². The number of aromatic nitrogens is 2. The highest BCUT2D eigenvalue weighted by Crippen LogP contribution is 2.18. The molecule has 0 saturated heterocycles. The Morgan fingerprint density at radius 1 is 1.40 bits per heavy atom. The lowest BCUT2D eigenvalue weighted by molar-refractivity contribution is 0.0694. The Bertz CT molecular complexity index is 642. The first-order valence-electron chi connectivity index (χ1n) is 6.31. The van der Waals surface area contributed by atoms with Gasteiger partial charge in [-0.25, -0.2) is 14.8 Å². The number of hydrogen-bond acceptors (Lipinski definition) is 3. The molecule has 0 unspecified atom stereocenters. The lowest BCUT2D eigenvalue weighted by Crippen LogP contribution is -2.10. The molecule has 1 N–H and O–H groups in total. The van der Waals surface area contributed by atoms with Gasteiger partial charge in [0.05, 0.1) is 11.3 Å². The van der Waals surface area contributed by atoms with Crippen molar-refractivity contribution in [3.8, 4) is 0 Å². The number of hydrogen-bond donors (Lipinski definition) is 1. The van der Waals surface area contributed by atoms with E-state index < -0.39 is 5.97 Å². The number of carbonyl (C=O) groups is 1. The van der Waals surface area contributed by atoms with Gasteiger partial charge in [-0.15, -0.1) is 0 Å². The van der Waals surface area contributed by atoms with Crippen LogP contribution in [0.3, 0.4) is 0 Å². The van der Waals surface area contributed by atoms with E-state index in [9.17, 15) is 4.79 Å². The van der Waals surface area contributed by atoms with Gasteiger partial charge in [0.1, 0.15) is 5.82 Å². The molecular formula is C15H15ClN2O2. The molecule has 0 bridgehead atoms. The van der Waals surface area contributed by atoms with E-state index in [1.807, 2.05) is 32.0 Å². The Balaban J connectivity index is 2.34. The first-order valence-corrected chi connectivity index (χ1v) is 6.68. The van der Waals surface area contributed by atoms with Gasteiger partial charge in [-0.2, -0.15) is 0 Å². The molecule has 0 saturated carbocycles. The van der Waals surface area contributed by atoms with Gasteiger partial charge in [0.2, 0.25) is 0 Å². The van der Waals surface area contributed by atoms with E-state index in [4.69, 9.17) is 16.7 Å². The maximum Gasteiger partial charge on any atom is 0.339 e. The summed E-state index contributed by atoms with van der Waals surface area (Å²) in [5.41, 5.74) is 1.72. The predicted molar refractivity (Wildman–Crippen MR) is 77.3 cm³/mol. The molecule has 4 nitrogen and oxygen atoms in total. The third-order valence-corrected chi connectivity index (χ3v) is 3.13. The number of carboxylic acids is 1. The fraction of sp³-hybridized carbons (Fsp3) is 0.267. The summed E-state index contributed by atoms with van der Waals surface area (Å²) in [5, 5.41) is 9.79. The Kier molecular flexibility index (Phi) is 4.35. The van der Waals surface area contributed by atoms with E-state index in [2.05, 4.69) is 9.97 Å². The van der Waals surface area contributed by atoms with E-state index in [0.29, 0.717) is 23.0 Å². The van der Waals surface area contributed by atoms with E-state index in [1.54, 1.807) is 6.07 Å². The van der Waals surface area contributed by atoms with Gasteiger partial charge in [0, 0.05) is 17.6 Å². The topological polar surface area (TPSA) is 63.1 Å². The molecule has 1 aromatic carbocycles. The van der Waals surface area contributed by atoms with Crippen molar-refractivity contribution in [1.29, 1.82) is 0 Å². The van der Waals surface area contributed by atoms with Gasteiger partial charge >= 0.3 is 5.97 Å². The van der Waals surface area contributed by atoms with Crippen LogP contribution in [0, 0.1) is 0 Å². The molecule has 0 aliphatic rings. The van der Waals surface area contributed by atoms with Crippen LogP contribution in [-0.2, 0) is 6.42 Å². The van der Waals surface area contributed by atoms with Crippen LogP contribution in [0.1, 0.15) is 47.2 Å². The van der Waals surface area contributed by atoms with Crippen LogP contribution in [0.25, 0.3) is 0 Å². The van der Waals surface area contributed by atoms with Crippen molar-refractivity contribution in [2.75, 3.05) is 0 Å². The summed E-state index contributed by atoms with van der Waals surface area (Å²) >= 11 is 5.94. The molecular weight excluding hydrogens is 276 g/mol. The van der Waals surface area contributed by atoms with Crippen molar-refractivity contribution in [3.63, 3.8) is 0 Å². The van der Waals surface area contributed by atoms with E-state index in [0.717, 1.165) is 5.56 Å². The first kappa shape index (κ1) is 14.5. The Labute approximate surface area is 122 Å². The van der Waals surface area contributed by atoms with E-state index in [-0.39, 0.29) is 11.5 Å². The zero-order valence-electron chi connectivity index (χ0n) is 11.3. The van der Waals surface area contributed by atoms with Gasteiger partial charge in [0.15, 0.2) is 0 Å². The first-order chi connectivity index (χ1) is 9.47. The number of rotatable bonds is 4. The summed E-state index contributed by atoms with van der Waals surface area (Å²) in [5.74, 6) is -0.369. The summed E-state index contributed by atoms with van der Waals surface area (Å²) in [6.45, 7) is 3.83. The van der Waals surface area contributed by atoms with Gasteiger partial charge < -0.3 is 5.11 Å².